The second kappa shape index (κ2) is 6.65. The average molecular weight is 310 g/mol. The lowest BCUT2D eigenvalue weighted by Gasteiger charge is -2.11. The summed E-state index contributed by atoms with van der Waals surface area (Å²) >= 11 is 7.08. The summed E-state index contributed by atoms with van der Waals surface area (Å²) in [4.78, 5) is 15.7. The number of aromatic nitrogens is 1. The van der Waals surface area contributed by atoms with Gasteiger partial charge in [0.25, 0.3) is 0 Å². The molecule has 0 aliphatic rings. The minimum absolute atomic E-state index is 0.0398. The Labute approximate surface area is 125 Å². The van der Waals surface area contributed by atoms with Crippen LogP contribution in [0.15, 0.2) is 48.0 Å². The molecule has 4 nitrogen and oxygen atoms in total. The topological polar surface area (TPSA) is 59.4 Å². The van der Waals surface area contributed by atoms with E-state index in [9.17, 15) is 9.90 Å². The first-order valence-electron chi connectivity index (χ1n) is 5.75. The summed E-state index contributed by atoms with van der Waals surface area (Å²) in [6, 6.07) is 7.00. The Kier molecular flexibility index (Phi) is 4.89. The van der Waals surface area contributed by atoms with Gasteiger partial charge in [0.05, 0.1) is 5.57 Å². The monoisotopic (exact) mass is 309 g/mol. The molecule has 0 amide bonds. The van der Waals surface area contributed by atoms with Gasteiger partial charge in [0, 0.05) is 16.6 Å². The normalized spacial score (nSPS) is 11.9. The first-order chi connectivity index (χ1) is 9.58. The van der Waals surface area contributed by atoms with Crippen LogP contribution in [0.2, 0.25) is 5.02 Å². The molecule has 0 aliphatic heterocycles. The lowest BCUT2D eigenvalue weighted by molar-refractivity contribution is -0.141. The third-order valence-electron chi connectivity index (χ3n) is 2.54. The van der Waals surface area contributed by atoms with E-state index in [1.807, 2.05) is 0 Å². The molecule has 2 aromatic rings. The number of nitrogens with zero attached hydrogens (tertiary/aromatic N) is 1. The Morgan fingerprint density at radius 3 is 3.00 bits per heavy atom. The molecule has 1 atom stereocenters. The van der Waals surface area contributed by atoms with E-state index in [0.717, 1.165) is 5.56 Å². The molecular formula is C14H12ClNO3S. The van der Waals surface area contributed by atoms with Crippen LogP contribution in [0, 0.1) is 0 Å². The number of rotatable bonds is 5. The van der Waals surface area contributed by atoms with Crippen molar-refractivity contribution in [1.82, 2.24) is 4.98 Å². The third kappa shape index (κ3) is 3.66. The van der Waals surface area contributed by atoms with E-state index < -0.39 is 12.1 Å². The summed E-state index contributed by atoms with van der Waals surface area (Å²) in [5.74, 6) is -0.660. The summed E-state index contributed by atoms with van der Waals surface area (Å²) in [6.07, 6.45) is 0.412. The van der Waals surface area contributed by atoms with Gasteiger partial charge in [-0.15, -0.1) is 11.3 Å². The lowest BCUT2D eigenvalue weighted by Crippen LogP contribution is -2.13. The predicted octanol–water partition coefficient (Wildman–Crippen LogP) is 3.13. The van der Waals surface area contributed by atoms with Gasteiger partial charge in [-0.3, -0.25) is 0 Å². The molecule has 0 fully saturated rings. The molecule has 0 radical (unpaired) electrons. The minimum atomic E-state index is -1.14. The molecule has 1 aromatic heterocycles. The van der Waals surface area contributed by atoms with E-state index in [1.54, 1.807) is 35.8 Å². The van der Waals surface area contributed by atoms with Crippen molar-refractivity contribution in [2.75, 3.05) is 0 Å². The Hall–Kier alpha value is -1.69. The number of hydrogen-bond donors (Lipinski definition) is 1. The molecule has 0 saturated carbocycles. The molecule has 0 spiro atoms. The molecule has 1 aromatic carbocycles. The number of thiazole rings is 1. The Bertz CT molecular complexity index is 613. The van der Waals surface area contributed by atoms with Gasteiger partial charge >= 0.3 is 5.97 Å². The molecule has 0 saturated heterocycles. The SMILES string of the molecule is C=C(C(=O)OCc1cccc(Cl)c1)C(O)c1nccs1. The number of ether oxygens (including phenoxy) is 1. The molecule has 2 rings (SSSR count). The fourth-order valence-electron chi connectivity index (χ4n) is 1.50. The highest BCUT2D eigenvalue weighted by Gasteiger charge is 2.21. The quantitative estimate of drug-likeness (QED) is 0.681. The zero-order chi connectivity index (χ0) is 14.5. The zero-order valence-corrected chi connectivity index (χ0v) is 12.0. The Morgan fingerprint density at radius 1 is 1.55 bits per heavy atom. The number of aliphatic hydroxyl groups excluding tert-OH is 1. The highest BCUT2D eigenvalue weighted by molar-refractivity contribution is 7.09. The van der Waals surface area contributed by atoms with Crippen LogP contribution in [0.3, 0.4) is 0 Å². The molecule has 6 heteroatoms. The molecule has 1 N–H and O–H groups in total. The Balaban J connectivity index is 1.93. The van der Waals surface area contributed by atoms with E-state index in [0.29, 0.717) is 10.0 Å². The average Bonchev–Trinajstić information content (AvgIpc) is 2.97. The minimum Gasteiger partial charge on any atom is -0.457 e. The molecular weight excluding hydrogens is 298 g/mol. The van der Waals surface area contributed by atoms with Crippen molar-refractivity contribution in [3.05, 3.63) is 63.6 Å². The van der Waals surface area contributed by atoms with E-state index in [-0.39, 0.29) is 12.2 Å². The largest absolute Gasteiger partial charge is 0.457 e. The maximum atomic E-state index is 11.8. The number of carbonyl (C=O) groups excluding carboxylic acids is 1. The number of aliphatic hydroxyl groups is 1. The summed E-state index contributed by atoms with van der Waals surface area (Å²) in [5.41, 5.74) is 0.726. The van der Waals surface area contributed by atoms with E-state index in [1.165, 1.54) is 11.3 Å². The van der Waals surface area contributed by atoms with Crippen LogP contribution >= 0.6 is 22.9 Å². The van der Waals surface area contributed by atoms with Crippen molar-refractivity contribution in [3.8, 4) is 0 Å². The van der Waals surface area contributed by atoms with Crippen molar-refractivity contribution in [3.63, 3.8) is 0 Å². The van der Waals surface area contributed by atoms with Crippen molar-refractivity contribution in [2.45, 2.75) is 12.7 Å². The second-order valence-corrected chi connectivity index (χ2v) is 5.37. The van der Waals surface area contributed by atoms with Gasteiger partial charge in [-0.25, -0.2) is 9.78 Å². The molecule has 20 heavy (non-hydrogen) atoms. The number of carbonyl (C=O) groups is 1. The highest BCUT2D eigenvalue weighted by Crippen LogP contribution is 2.23. The summed E-state index contributed by atoms with van der Waals surface area (Å²) < 4.78 is 5.08. The predicted molar refractivity (Wildman–Crippen MR) is 77.5 cm³/mol. The summed E-state index contributed by atoms with van der Waals surface area (Å²) in [6.45, 7) is 3.63. The fourth-order valence-corrected chi connectivity index (χ4v) is 2.37. The standard InChI is InChI=1S/C14H12ClNO3S/c1-9(12(17)13-16-5-6-20-13)14(18)19-8-10-3-2-4-11(15)7-10/h2-7,12,17H,1,8H2. The van der Waals surface area contributed by atoms with Crippen LogP contribution in [0.5, 0.6) is 0 Å². The highest BCUT2D eigenvalue weighted by atomic mass is 35.5. The van der Waals surface area contributed by atoms with Crippen LogP contribution in [-0.4, -0.2) is 16.1 Å². The second-order valence-electron chi connectivity index (χ2n) is 4.00. The fraction of sp³-hybridized carbons (Fsp3) is 0.143. The van der Waals surface area contributed by atoms with Gasteiger partial charge in [0.15, 0.2) is 0 Å². The number of hydrogen-bond acceptors (Lipinski definition) is 5. The first-order valence-corrected chi connectivity index (χ1v) is 7.01. The van der Waals surface area contributed by atoms with E-state index >= 15 is 0 Å². The smallest absolute Gasteiger partial charge is 0.336 e. The molecule has 1 heterocycles. The van der Waals surface area contributed by atoms with Crippen molar-refractivity contribution >= 4 is 28.9 Å². The number of benzene rings is 1. The molecule has 1 unspecified atom stereocenters. The van der Waals surface area contributed by atoms with Crippen LogP contribution in [0.25, 0.3) is 0 Å². The number of esters is 1. The van der Waals surface area contributed by atoms with Crippen LogP contribution in [0.1, 0.15) is 16.7 Å². The van der Waals surface area contributed by atoms with Gasteiger partial charge in [-0.2, -0.15) is 0 Å². The molecule has 0 bridgehead atoms. The van der Waals surface area contributed by atoms with Crippen LogP contribution in [0.4, 0.5) is 0 Å². The van der Waals surface area contributed by atoms with Gasteiger partial charge in [-0.1, -0.05) is 30.3 Å². The maximum absolute atomic E-state index is 11.8. The summed E-state index contributed by atoms with van der Waals surface area (Å²) in [5, 5.41) is 12.6. The van der Waals surface area contributed by atoms with Gasteiger partial charge in [0.1, 0.15) is 17.7 Å². The van der Waals surface area contributed by atoms with Gasteiger partial charge in [0.2, 0.25) is 0 Å². The lowest BCUT2D eigenvalue weighted by atomic mass is 10.2. The van der Waals surface area contributed by atoms with E-state index in [4.69, 9.17) is 16.3 Å². The molecule has 104 valence electrons. The van der Waals surface area contributed by atoms with Crippen molar-refractivity contribution in [1.29, 1.82) is 0 Å². The third-order valence-corrected chi connectivity index (χ3v) is 3.60. The van der Waals surface area contributed by atoms with Gasteiger partial charge in [-0.05, 0) is 17.7 Å². The Morgan fingerprint density at radius 2 is 2.35 bits per heavy atom. The summed E-state index contributed by atoms with van der Waals surface area (Å²) in [7, 11) is 0. The first kappa shape index (κ1) is 14.7. The van der Waals surface area contributed by atoms with E-state index in [2.05, 4.69) is 11.6 Å². The molecule has 0 aliphatic carbocycles. The van der Waals surface area contributed by atoms with Gasteiger partial charge < -0.3 is 9.84 Å². The zero-order valence-electron chi connectivity index (χ0n) is 10.5. The van der Waals surface area contributed by atoms with Crippen molar-refractivity contribution < 1.29 is 14.6 Å². The van der Waals surface area contributed by atoms with Crippen molar-refractivity contribution in [2.24, 2.45) is 0 Å². The number of halogens is 1. The maximum Gasteiger partial charge on any atom is 0.336 e. The van der Waals surface area contributed by atoms with Crippen LogP contribution in [-0.2, 0) is 16.1 Å². The van der Waals surface area contributed by atoms with Crippen LogP contribution < -0.4 is 0 Å².